The minimum absolute atomic E-state index is 0.690. The fraction of sp³-hybridized carbons (Fsp3) is 0.238. The summed E-state index contributed by atoms with van der Waals surface area (Å²) in [5.41, 5.74) is 6.71. The first kappa shape index (κ1) is 16.3. The predicted octanol–water partition coefficient (Wildman–Crippen LogP) is 3.88. The summed E-state index contributed by atoms with van der Waals surface area (Å²) in [5, 5.41) is 16.5. The van der Waals surface area contributed by atoms with Crippen molar-refractivity contribution in [3.8, 4) is 22.5 Å². The minimum Gasteiger partial charge on any atom is -0.371 e. The average molecular weight is 384 g/mol. The topological polar surface area (TPSA) is 102 Å². The van der Waals surface area contributed by atoms with Gasteiger partial charge in [-0.25, -0.2) is 9.97 Å². The number of piperidine rings is 1. The SMILES string of the molecule is c1cc(N2CCCCC2)c2cc(-c3[nH]nc4ncc(-c5cn[nH]c5)cc34)[nH]c2n1. The van der Waals surface area contributed by atoms with Crippen LogP contribution >= 0.6 is 0 Å². The molecule has 0 aliphatic carbocycles. The highest BCUT2D eigenvalue weighted by Crippen LogP contribution is 2.34. The average Bonchev–Trinajstić information content (AvgIpc) is 3.52. The van der Waals surface area contributed by atoms with Crippen LogP contribution in [0.2, 0.25) is 0 Å². The van der Waals surface area contributed by atoms with Gasteiger partial charge in [-0.1, -0.05) is 0 Å². The molecule has 0 radical (unpaired) electrons. The van der Waals surface area contributed by atoms with E-state index >= 15 is 0 Å². The number of rotatable bonds is 3. The molecule has 3 N–H and O–H groups in total. The van der Waals surface area contributed by atoms with Gasteiger partial charge in [-0.3, -0.25) is 10.2 Å². The van der Waals surface area contributed by atoms with Crippen molar-refractivity contribution >= 4 is 27.8 Å². The lowest BCUT2D eigenvalue weighted by Gasteiger charge is -2.29. The summed E-state index contributed by atoms with van der Waals surface area (Å²) >= 11 is 0. The van der Waals surface area contributed by atoms with E-state index in [0.29, 0.717) is 5.65 Å². The summed E-state index contributed by atoms with van der Waals surface area (Å²) in [6.07, 6.45) is 11.2. The van der Waals surface area contributed by atoms with Gasteiger partial charge >= 0.3 is 0 Å². The van der Waals surface area contributed by atoms with Crippen molar-refractivity contribution in [2.45, 2.75) is 19.3 Å². The van der Waals surface area contributed by atoms with Gasteiger partial charge in [0.05, 0.1) is 17.6 Å². The van der Waals surface area contributed by atoms with Crippen molar-refractivity contribution in [3.05, 3.63) is 43.0 Å². The van der Waals surface area contributed by atoms with Crippen LogP contribution in [-0.2, 0) is 0 Å². The Labute approximate surface area is 166 Å². The van der Waals surface area contributed by atoms with E-state index in [2.05, 4.69) is 58.4 Å². The third-order valence-electron chi connectivity index (χ3n) is 5.72. The number of nitrogens with one attached hydrogen (secondary N) is 3. The molecule has 144 valence electrons. The van der Waals surface area contributed by atoms with E-state index in [1.165, 1.54) is 24.9 Å². The van der Waals surface area contributed by atoms with E-state index in [-0.39, 0.29) is 0 Å². The second kappa shape index (κ2) is 6.44. The third-order valence-corrected chi connectivity index (χ3v) is 5.72. The molecule has 0 bridgehead atoms. The number of pyridine rings is 2. The zero-order valence-corrected chi connectivity index (χ0v) is 15.8. The molecule has 0 spiro atoms. The first-order valence-corrected chi connectivity index (χ1v) is 9.93. The summed E-state index contributed by atoms with van der Waals surface area (Å²) < 4.78 is 0. The Bertz CT molecular complexity index is 1290. The molecule has 8 nitrogen and oxygen atoms in total. The lowest BCUT2D eigenvalue weighted by molar-refractivity contribution is 0.579. The van der Waals surface area contributed by atoms with Crippen molar-refractivity contribution in [1.29, 1.82) is 0 Å². The van der Waals surface area contributed by atoms with Gasteiger partial charge in [0.15, 0.2) is 5.65 Å². The van der Waals surface area contributed by atoms with Crippen LogP contribution in [0, 0.1) is 0 Å². The Morgan fingerprint density at radius 1 is 0.931 bits per heavy atom. The molecule has 6 rings (SSSR count). The van der Waals surface area contributed by atoms with E-state index < -0.39 is 0 Å². The van der Waals surface area contributed by atoms with E-state index in [9.17, 15) is 0 Å². The Balaban J connectivity index is 1.48. The van der Waals surface area contributed by atoms with Gasteiger partial charge in [0.1, 0.15) is 5.65 Å². The van der Waals surface area contributed by atoms with E-state index in [0.717, 1.165) is 52.0 Å². The first-order valence-electron chi connectivity index (χ1n) is 9.93. The second-order valence-electron chi connectivity index (χ2n) is 7.50. The van der Waals surface area contributed by atoms with Crippen LogP contribution in [0.3, 0.4) is 0 Å². The Morgan fingerprint density at radius 2 is 1.86 bits per heavy atom. The van der Waals surface area contributed by atoms with Gasteiger partial charge in [0.2, 0.25) is 0 Å². The normalized spacial score (nSPS) is 14.8. The van der Waals surface area contributed by atoms with E-state index in [4.69, 9.17) is 0 Å². The molecule has 1 aliphatic rings. The molecule has 5 aromatic heterocycles. The maximum Gasteiger partial charge on any atom is 0.181 e. The fourth-order valence-corrected chi connectivity index (χ4v) is 4.23. The monoisotopic (exact) mass is 384 g/mol. The molecule has 5 aromatic rings. The summed E-state index contributed by atoms with van der Waals surface area (Å²) in [5.74, 6) is 0. The van der Waals surface area contributed by atoms with Gasteiger partial charge in [-0.05, 0) is 37.5 Å². The highest BCUT2D eigenvalue weighted by atomic mass is 15.2. The van der Waals surface area contributed by atoms with Crippen LogP contribution in [0.4, 0.5) is 5.69 Å². The number of hydrogen-bond donors (Lipinski definition) is 3. The summed E-state index contributed by atoms with van der Waals surface area (Å²) in [6, 6.07) is 6.38. The summed E-state index contributed by atoms with van der Waals surface area (Å²) in [7, 11) is 0. The van der Waals surface area contributed by atoms with Crippen LogP contribution in [-0.4, -0.2) is 48.4 Å². The molecular weight excluding hydrogens is 364 g/mol. The van der Waals surface area contributed by atoms with Crippen LogP contribution in [0.1, 0.15) is 19.3 Å². The summed E-state index contributed by atoms with van der Waals surface area (Å²) in [6.45, 7) is 2.20. The van der Waals surface area contributed by atoms with E-state index in [1.54, 1.807) is 6.20 Å². The zero-order valence-electron chi connectivity index (χ0n) is 15.8. The number of anilines is 1. The van der Waals surface area contributed by atoms with Crippen molar-refractivity contribution < 1.29 is 0 Å². The Hall–Kier alpha value is -3.68. The number of hydrogen-bond acceptors (Lipinski definition) is 5. The van der Waals surface area contributed by atoms with Crippen molar-refractivity contribution in [2.24, 2.45) is 0 Å². The Morgan fingerprint density at radius 3 is 2.72 bits per heavy atom. The number of fused-ring (bicyclic) bond motifs is 2. The van der Waals surface area contributed by atoms with Crippen molar-refractivity contribution in [2.75, 3.05) is 18.0 Å². The second-order valence-corrected chi connectivity index (χ2v) is 7.50. The lowest BCUT2D eigenvalue weighted by atomic mass is 10.1. The minimum atomic E-state index is 0.690. The van der Waals surface area contributed by atoms with Gasteiger partial charge in [-0.2, -0.15) is 10.2 Å². The maximum atomic E-state index is 4.56. The highest BCUT2D eigenvalue weighted by molar-refractivity contribution is 5.98. The highest BCUT2D eigenvalue weighted by Gasteiger charge is 2.18. The quantitative estimate of drug-likeness (QED) is 0.438. The van der Waals surface area contributed by atoms with Crippen LogP contribution < -0.4 is 4.90 Å². The predicted molar refractivity (Wildman–Crippen MR) is 113 cm³/mol. The van der Waals surface area contributed by atoms with Crippen LogP contribution in [0.25, 0.3) is 44.6 Å². The summed E-state index contributed by atoms with van der Waals surface area (Å²) in [4.78, 5) is 15.0. The number of H-pyrrole nitrogens is 3. The van der Waals surface area contributed by atoms with Gasteiger partial charge in [0, 0.05) is 59.3 Å². The molecule has 0 amide bonds. The molecule has 1 saturated heterocycles. The molecular formula is C21H20N8. The smallest absolute Gasteiger partial charge is 0.181 e. The molecule has 0 unspecified atom stereocenters. The number of aromatic nitrogens is 7. The first-order chi connectivity index (χ1) is 14.4. The van der Waals surface area contributed by atoms with Gasteiger partial charge in [-0.15, -0.1) is 0 Å². The molecule has 0 aromatic carbocycles. The van der Waals surface area contributed by atoms with Gasteiger partial charge in [0.25, 0.3) is 0 Å². The van der Waals surface area contributed by atoms with E-state index in [1.807, 2.05) is 18.6 Å². The molecule has 6 heterocycles. The van der Waals surface area contributed by atoms with Gasteiger partial charge < -0.3 is 9.88 Å². The van der Waals surface area contributed by atoms with Crippen molar-refractivity contribution in [3.63, 3.8) is 0 Å². The molecule has 0 atom stereocenters. The lowest BCUT2D eigenvalue weighted by Crippen LogP contribution is -2.29. The fourth-order valence-electron chi connectivity index (χ4n) is 4.23. The third kappa shape index (κ3) is 2.67. The standard InChI is InChI=1S/C21H20N8/c1-2-6-29(7-3-1)18-4-5-22-20-15(18)9-17(26-20)19-16-8-13(14-11-24-25-12-14)10-23-21(16)28-27-19/h4-5,8-12H,1-3,6-7H2,(H,22,26)(H,24,25)(H,23,27,28). The number of aromatic amines is 3. The molecule has 1 aliphatic heterocycles. The van der Waals surface area contributed by atoms with Crippen LogP contribution in [0.5, 0.6) is 0 Å². The Kier molecular flexibility index (Phi) is 3.62. The molecule has 0 saturated carbocycles. The largest absolute Gasteiger partial charge is 0.371 e. The zero-order chi connectivity index (χ0) is 19.2. The van der Waals surface area contributed by atoms with Crippen LogP contribution in [0.15, 0.2) is 43.0 Å². The van der Waals surface area contributed by atoms with Crippen molar-refractivity contribution in [1.82, 2.24) is 35.3 Å². The maximum absolute atomic E-state index is 4.56. The molecule has 8 heteroatoms. The number of nitrogens with zero attached hydrogens (tertiary/aromatic N) is 5. The molecule has 29 heavy (non-hydrogen) atoms. The molecule has 1 fully saturated rings.